The van der Waals surface area contributed by atoms with E-state index in [1.54, 1.807) is 0 Å². The van der Waals surface area contributed by atoms with Crippen molar-refractivity contribution >= 4 is 5.71 Å². The minimum Gasteiger partial charge on any atom is -0.507 e. The first-order valence-electron chi connectivity index (χ1n) is 8.82. The molecular weight excluding hydrogens is 298 g/mol. The molecular formula is C21H35NO2. The lowest BCUT2D eigenvalue weighted by Crippen LogP contribution is -2.21. The zero-order chi connectivity index (χ0) is 18.9. The molecule has 1 aromatic rings. The fourth-order valence-corrected chi connectivity index (χ4v) is 2.63. The molecule has 0 spiro atoms. The predicted octanol–water partition coefficient (Wildman–Crippen LogP) is 4.81. The van der Waals surface area contributed by atoms with E-state index in [9.17, 15) is 10.2 Å². The summed E-state index contributed by atoms with van der Waals surface area (Å²) in [6.07, 6.45) is 0. The fourth-order valence-electron chi connectivity index (χ4n) is 2.63. The van der Waals surface area contributed by atoms with Gasteiger partial charge in [0.1, 0.15) is 5.75 Å². The van der Waals surface area contributed by atoms with Gasteiger partial charge in [0.25, 0.3) is 0 Å². The Bertz CT molecular complexity index is 601. The van der Waals surface area contributed by atoms with Crippen LogP contribution in [-0.4, -0.2) is 28.6 Å². The maximum atomic E-state index is 10.9. The maximum Gasteiger partial charge on any atom is 0.128 e. The number of aliphatic hydroxyl groups excluding tert-OH is 1. The van der Waals surface area contributed by atoms with Crippen molar-refractivity contribution in [1.29, 1.82) is 0 Å². The third-order valence-corrected chi connectivity index (χ3v) is 4.49. The SMILES string of the molecule is CC(=N[C@H](CO)C(C)C)c1cc(C(C)(C)C)cc(C(C)(C)C)c1O. The van der Waals surface area contributed by atoms with Crippen LogP contribution in [0.5, 0.6) is 5.75 Å². The van der Waals surface area contributed by atoms with Crippen molar-refractivity contribution in [3.05, 3.63) is 28.8 Å². The first-order chi connectivity index (χ1) is 10.8. The summed E-state index contributed by atoms with van der Waals surface area (Å²) in [6.45, 7) is 18.9. The molecule has 1 aromatic carbocycles. The normalized spacial score (nSPS) is 15.0. The lowest BCUT2D eigenvalue weighted by molar-refractivity contribution is 0.240. The van der Waals surface area contributed by atoms with Crippen LogP contribution in [0.1, 0.15) is 79.0 Å². The predicted molar refractivity (Wildman–Crippen MR) is 103 cm³/mol. The highest BCUT2D eigenvalue weighted by molar-refractivity contribution is 6.01. The highest BCUT2D eigenvalue weighted by Crippen LogP contribution is 2.38. The largest absolute Gasteiger partial charge is 0.507 e. The lowest BCUT2D eigenvalue weighted by Gasteiger charge is -2.28. The summed E-state index contributed by atoms with van der Waals surface area (Å²) in [6, 6.07) is 4.00. The molecule has 0 saturated carbocycles. The quantitative estimate of drug-likeness (QED) is 0.777. The van der Waals surface area contributed by atoms with Crippen LogP contribution in [0, 0.1) is 5.92 Å². The van der Waals surface area contributed by atoms with Gasteiger partial charge in [-0.05, 0) is 35.3 Å². The Morgan fingerprint density at radius 2 is 1.58 bits per heavy atom. The van der Waals surface area contributed by atoms with Gasteiger partial charge >= 0.3 is 0 Å². The van der Waals surface area contributed by atoms with Crippen molar-refractivity contribution < 1.29 is 10.2 Å². The minimum atomic E-state index is -0.158. The fraction of sp³-hybridized carbons (Fsp3) is 0.667. The number of rotatable bonds is 4. The molecule has 24 heavy (non-hydrogen) atoms. The number of aliphatic imine (C=N–C) groups is 1. The first kappa shape index (κ1) is 20.7. The van der Waals surface area contributed by atoms with E-state index in [0.717, 1.165) is 16.8 Å². The minimum absolute atomic E-state index is 0.0147. The average Bonchev–Trinajstić information content (AvgIpc) is 2.41. The Hall–Kier alpha value is -1.35. The molecule has 0 fully saturated rings. The van der Waals surface area contributed by atoms with Crippen molar-refractivity contribution in [2.24, 2.45) is 10.9 Å². The van der Waals surface area contributed by atoms with E-state index in [0.29, 0.717) is 5.75 Å². The van der Waals surface area contributed by atoms with E-state index in [1.807, 2.05) is 26.8 Å². The number of benzene rings is 1. The molecule has 0 bridgehead atoms. The van der Waals surface area contributed by atoms with Crippen LogP contribution in [0.3, 0.4) is 0 Å². The average molecular weight is 334 g/mol. The van der Waals surface area contributed by atoms with Crippen LogP contribution >= 0.6 is 0 Å². The van der Waals surface area contributed by atoms with Gasteiger partial charge in [-0.2, -0.15) is 0 Å². The second kappa shape index (κ2) is 7.26. The van der Waals surface area contributed by atoms with Crippen molar-refractivity contribution in [2.75, 3.05) is 6.61 Å². The summed E-state index contributed by atoms with van der Waals surface area (Å²) >= 11 is 0. The van der Waals surface area contributed by atoms with Crippen molar-refractivity contribution in [2.45, 2.75) is 79.2 Å². The van der Waals surface area contributed by atoms with E-state index in [1.165, 1.54) is 5.56 Å². The summed E-state index contributed by atoms with van der Waals surface area (Å²) in [5, 5.41) is 20.4. The van der Waals surface area contributed by atoms with Crippen LogP contribution in [0.4, 0.5) is 0 Å². The number of hydrogen-bond acceptors (Lipinski definition) is 3. The summed E-state index contributed by atoms with van der Waals surface area (Å²) in [5.41, 5.74) is 3.49. The molecule has 0 aliphatic heterocycles. The number of aliphatic hydroxyl groups is 1. The second-order valence-corrected chi connectivity index (χ2v) is 9.13. The van der Waals surface area contributed by atoms with E-state index in [-0.39, 0.29) is 29.4 Å². The molecule has 2 N–H and O–H groups in total. The highest BCUT2D eigenvalue weighted by atomic mass is 16.3. The molecule has 136 valence electrons. The van der Waals surface area contributed by atoms with Gasteiger partial charge in [-0.15, -0.1) is 0 Å². The van der Waals surface area contributed by atoms with E-state index in [4.69, 9.17) is 0 Å². The topological polar surface area (TPSA) is 52.8 Å². The zero-order valence-corrected chi connectivity index (χ0v) is 16.9. The van der Waals surface area contributed by atoms with E-state index >= 15 is 0 Å². The van der Waals surface area contributed by atoms with Gasteiger partial charge in [0.2, 0.25) is 0 Å². The molecule has 0 radical (unpaired) electrons. The van der Waals surface area contributed by atoms with Gasteiger partial charge in [0.05, 0.1) is 12.6 Å². The van der Waals surface area contributed by atoms with Crippen LogP contribution in [0.2, 0.25) is 0 Å². The Balaban J connectivity index is 3.60. The number of hydrogen-bond donors (Lipinski definition) is 2. The Morgan fingerprint density at radius 1 is 1.04 bits per heavy atom. The van der Waals surface area contributed by atoms with E-state index in [2.05, 4.69) is 52.6 Å². The first-order valence-corrected chi connectivity index (χ1v) is 8.82. The number of phenolic OH excluding ortho intramolecular Hbond substituents is 1. The molecule has 0 amide bonds. The van der Waals surface area contributed by atoms with Gasteiger partial charge in [-0.3, -0.25) is 4.99 Å². The zero-order valence-electron chi connectivity index (χ0n) is 16.9. The standard InChI is InChI=1S/C21H35NO2/c1-13(2)18(12-23)22-14(3)16-10-15(20(4,5)6)11-17(19(16)24)21(7,8)9/h10-11,13,18,23-24H,12H2,1-9H3/t18-/m1/s1. The third-order valence-electron chi connectivity index (χ3n) is 4.49. The van der Waals surface area contributed by atoms with Crippen LogP contribution in [0.25, 0.3) is 0 Å². The molecule has 0 heterocycles. The van der Waals surface area contributed by atoms with E-state index < -0.39 is 0 Å². The Labute approximate surface area is 147 Å². The molecule has 0 aromatic heterocycles. The van der Waals surface area contributed by atoms with Gasteiger partial charge in [-0.25, -0.2) is 0 Å². The molecule has 0 saturated heterocycles. The summed E-state index contributed by atoms with van der Waals surface area (Å²) in [4.78, 5) is 4.68. The van der Waals surface area contributed by atoms with Crippen LogP contribution < -0.4 is 0 Å². The van der Waals surface area contributed by atoms with Gasteiger partial charge in [-0.1, -0.05) is 61.5 Å². The summed E-state index contributed by atoms with van der Waals surface area (Å²) in [5.74, 6) is 0.553. The molecule has 0 aliphatic rings. The van der Waals surface area contributed by atoms with Crippen molar-refractivity contribution in [3.8, 4) is 5.75 Å². The molecule has 3 heteroatoms. The van der Waals surface area contributed by atoms with Gasteiger partial charge in [0.15, 0.2) is 0 Å². The van der Waals surface area contributed by atoms with Crippen molar-refractivity contribution in [1.82, 2.24) is 0 Å². The smallest absolute Gasteiger partial charge is 0.128 e. The maximum absolute atomic E-state index is 10.9. The summed E-state index contributed by atoms with van der Waals surface area (Å²) in [7, 11) is 0. The molecule has 1 rings (SSSR count). The molecule has 3 nitrogen and oxygen atoms in total. The van der Waals surface area contributed by atoms with Crippen molar-refractivity contribution in [3.63, 3.8) is 0 Å². The lowest BCUT2D eigenvalue weighted by atomic mass is 9.78. The Kier molecular flexibility index (Phi) is 6.26. The van der Waals surface area contributed by atoms with Crippen LogP contribution in [0.15, 0.2) is 17.1 Å². The van der Waals surface area contributed by atoms with Crippen LogP contribution in [-0.2, 0) is 10.8 Å². The van der Waals surface area contributed by atoms with Gasteiger partial charge in [0, 0.05) is 16.8 Å². The second-order valence-electron chi connectivity index (χ2n) is 9.13. The third kappa shape index (κ3) is 4.83. The number of phenols is 1. The molecule has 0 unspecified atom stereocenters. The number of aromatic hydroxyl groups is 1. The Morgan fingerprint density at radius 3 is 1.96 bits per heavy atom. The number of nitrogens with zero attached hydrogens (tertiary/aromatic N) is 1. The highest BCUT2D eigenvalue weighted by Gasteiger charge is 2.26. The monoisotopic (exact) mass is 333 g/mol. The molecule has 1 atom stereocenters. The summed E-state index contributed by atoms with van der Waals surface area (Å²) < 4.78 is 0. The van der Waals surface area contributed by atoms with Gasteiger partial charge < -0.3 is 10.2 Å². The molecule has 0 aliphatic carbocycles.